The second-order valence-corrected chi connectivity index (χ2v) is 1.97. The molecule has 0 unspecified atom stereocenters. The Bertz CT molecular complexity index is 258. The Morgan fingerprint density at radius 2 is 2.18 bits per heavy atom. The van der Waals surface area contributed by atoms with E-state index in [-0.39, 0.29) is 0 Å². The van der Waals surface area contributed by atoms with Crippen molar-refractivity contribution in [1.82, 2.24) is 9.97 Å². The van der Waals surface area contributed by atoms with Crippen LogP contribution in [0.25, 0.3) is 0 Å². The predicted molar refractivity (Wildman–Crippen MR) is 44.1 cm³/mol. The van der Waals surface area contributed by atoms with E-state index in [1.54, 1.807) is 12.4 Å². The Kier molecular flexibility index (Phi) is 2.45. The lowest BCUT2D eigenvalue weighted by molar-refractivity contribution is 1.08. The number of aromatic nitrogens is 2. The summed E-state index contributed by atoms with van der Waals surface area (Å²) in [4.78, 5) is 7.95. The Morgan fingerprint density at radius 3 is 2.64 bits per heavy atom. The first-order valence-corrected chi connectivity index (χ1v) is 3.39. The van der Waals surface area contributed by atoms with E-state index in [1.165, 1.54) is 0 Å². The van der Waals surface area contributed by atoms with Gasteiger partial charge in [-0.2, -0.15) is 0 Å². The molecule has 1 N–H and O–H groups in total. The van der Waals surface area contributed by atoms with Crippen molar-refractivity contribution in [1.29, 1.82) is 0 Å². The van der Waals surface area contributed by atoms with Crippen molar-refractivity contribution in [2.75, 3.05) is 11.9 Å². The maximum Gasteiger partial charge on any atom is 0.222 e. The van der Waals surface area contributed by atoms with Crippen LogP contribution in [0.5, 0.6) is 0 Å². The van der Waals surface area contributed by atoms with Crippen LogP contribution in [0.15, 0.2) is 12.4 Å². The van der Waals surface area contributed by atoms with Crippen LogP contribution >= 0.6 is 0 Å². The smallest absolute Gasteiger partial charge is 0.222 e. The number of hydrogen-bond acceptors (Lipinski definition) is 3. The van der Waals surface area contributed by atoms with E-state index in [9.17, 15) is 0 Å². The Labute approximate surface area is 65.9 Å². The molecule has 1 rings (SSSR count). The Balaban J connectivity index is 2.76. The van der Waals surface area contributed by atoms with Crippen LogP contribution in [0.4, 0.5) is 5.95 Å². The third-order valence-electron chi connectivity index (χ3n) is 1.15. The highest BCUT2D eigenvalue weighted by atomic mass is 15.1. The first-order chi connectivity index (χ1) is 5.36. The minimum atomic E-state index is 0.617. The highest BCUT2D eigenvalue weighted by Crippen LogP contribution is 1.97. The molecule has 0 saturated heterocycles. The van der Waals surface area contributed by atoms with Crippen LogP contribution in [0.1, 0.15) is 12.5 Å². The third kappa shape index (κ3) is 1.94. The van der Waals surface area contributed by atoms with Crippen LogP contribution < -0.4 is 5.32 Å². The first kappa shape index (κ1) is 7.55. The summed E-state index contributed by atoms with van der Waals surface area (Å²) in [5.41, 5.74) is 0.701. The van der Waals surface area contributed by atoms with Crippen LogP contribution in [-0.4, -0.2) is 16.5 Å². The zero-order valence-corrected chi connectivity index (χ0v) is 6.33. The molecular weight excluding hydrogens is 138 g/mol. The molecule has 0 aliphatic rings. The zero-order chi connectivity index (χ0) is 8.10. The fourth-order valence-electron chi connectivity index (χ4n) is 0.652. The lowest BCUT2D eigenvalue weighted by Gasteiger charge is -1.98. The highest BCUT2D eigenvalue weighted by Gasteiger charge is 1.91. The van der Waals surface area contributed by atoms with Gasteiger partial charge >= 0.3 is 0 Å². The summed E-state index contributed by atoms with van der Waals surface area (Å²) >= 11 is 0. The minimum absolute atomic E-state index is 0.617. The molecule has 0 bridgehead atoms. The number of hydrogen-bond donors (Lipinski definition) is 1. The van der Waals surface area contributed by atoms with Gasteiger partial charge in [0.15, 0.2) is 0 Å². The molecule has 11 heavy (non-hydrogen) atoms. The molecule has 1 aromatic rings. The van der Waals surface area contributed by atoms with Crippen LogP contribution in [0, 0.1) is 12.3 Å². The number of anilines is 1. The Hall–Kier alpha value is -1.56. The predicted octanol–water partition coefficient (Wildman–Crippen LogP) is 0.890. The van der Waals surface area contributed by atoms with Crippen molar-refractivity contribution in [3.8, 4) is 12.3 Å². The van der Waals surface area contributed by atoms with Crippen LogP contribution in [-0.2, 0) is 0 Å². The minimum Gasteiger partial charge on any atom is -0.355 e. The van der Waals surface area contributed by atoms with Gasteiger partial charge in [0.1, 0.15) is 0 Å². The first-order valence-electron chi connectivity index (χ1n) is 3.39. The average Bonchev–Trinajstić information content (AvgIpc) is 2.07. The Morgan fingerprint density at radius 1 is 1.55 bits per heavy atom. The van der Waals surface area contributed by atoms with Gasteiger partial charge in [0.25, 0.3) is 0 Å². The molecule has 56 valence electrons. The summed E-state index contributed by atoms with van der Waals surface area (Å²) in [6.07, 6.45) is 8.36. The molecule has 0 aliphatic heterocycles. The monoisotopic (exact) mass is 147 g/mol. The van der Waals surface area contributed by atoms with Gasteiger partial charge in [-0.15, -0.1) is 6.42 Å². The fourth-order valence-corrected chi connectivity index (χ4v) is 0.652. The lowest BCUT2D eigenvalue weighted by atomic mass is 10.4. The van der Waals surface area contributed by atoms with Gasteiger partial charge in [0.05, 0.1) is 5.56 Å². The van der Waals surface area contributed by atoms with E-state index in [4.69, 9.17) is 6.42 Å². The molecule has 0 atom stereocenters. The molecule has 0 amide bonds. The van der Waals surface area contributed by atoms with Gasteiger partial charge in [0.2, 0.25) is 5.95 Å². The fraction of sp³-hybridized carbons (Fsp3) is 0.250. The molecule has 0 spiro atoms. The number of nitrogens with zero attached hydrogens (tertiary/aromatic N) is 2. The molecule has 1 aromatic heterocycles. The normalized spacial score (nSPS) is 8.73. The standard InChI is InChI=1S/C8H9N3/c1-3-7-5-10-8(9-4-2)11-6-7/h1,5-6H,4H2,2H3,(H,9,10,11). The molecular formula is C8H9N3. The molecule has 0 radical (unpaired) electrons. The number of terminal acetylenes is 1. The van der Waals surface area contributed by atoms with Crippen molar-refractivity contribution in [2.24, 2.45) is 0 Å². The van der Waals surface area contributed by atoms with Crippen molar-refractivity contribution < 1.29 is 0 Å². The van der Waals surface area contributed by atoms with Crippen molar-refractivity contribution in [3.63, 3.8) is 0 Å². The van der Waals surface area contributed by atoms with E-state index in [0.29, 0.717) is 11.5 Å². The van der Waals surface area contributed by atoms with Crippen molar-refractivity contribution in [3.05, 3.63) is 18.0 Å². The third-order valence-corrected chi connectivity index (χ3v) is 1.15. The summed E-state index contributed by atoms with van der Waals surface area (Å²) in [7, 11) is 0. The van der Waals surface area contributed by atoms with E-state index in [2.05, 4.69) is 21.2 Å². The highest BCUT2D eigenvalue weighted by molar-refractivity contribution is 5.31. The molecule has 0 aromatic carbocycles. The van der Waals surface area contributed by atoms with E-state index in [0.717, 1.165) is 6.54 Å². The topological polar surface area (TPSA) is 37.8 Å². The maximum atomic E-state index is 5.12. The largest absolute Gasteiger partial charge is 0.355 e. The average molecular weight is 147 g/mol. The van der Waals surface area contributed by atoms with Gasteiger partial charge in [-0.05, 0) is 6.92 Å². The van der Waals surface area contributed by atoms with Crippen LogP contribution in [0.2, 0.25) is 0 Å². The van der Waals surface area contributed by atoms with E-state index >= 15 is 0 Å². The summed E-state index contributed by atoms with van der Waals surface area (Å²) < 4.78 is 0. The quantitative estimate of drug-likeness (QED) is 0.631. The van der Waals surface area contributed by atoms with Crippen molar-refractivity contribution >= 4 is 5.95 Å². The van der Waals surface area contributed by atoms with E-state index < -0.39 is 0 Å². The second kappa shape index (κ2) is 3.57. The molecule has 0 fully saturated rings. The van der Waals surface area contributed by atoms with Gasteiger partial charge in [-0.25, -0.2) is 9.97 Å². The van der Waals surface area contributed by atoms with Crippen molar-refractivity contribution in [2.45, 2.75) is 6.92 Å². The number of rotatable bonds is 2. The number of nitrogens with one attached hydrogen (secondary N) is 1. The van der Waals surface area contributed by atoms with Gasteiger partial charge < -0.3 is 5.32 Å². The molecule has 3 nitrogen and oxygen atoms in total. The lowest BCUT2D eigenvalue weighted by Crippen LogP contribution is -2.01. The summed E-state index contributed by atoms with van der Waals surface area (Å²) in [6.45, 7) is 2.80. The van der Waals surface area contributed by atoms with Gasteiger partial charge in [0, 0.05) is 18.9 Å². The maximum absolute atomic E-state index is 5.12. The van der Waals surface area contributed by atoms with Gasteiger partial charge in [-0.1, -0.05) is 5.92 Å². The SMILES string of the molecule is C#Cc1cnc(NCC)nc1. The van der Waals surface area contributed by atoms with Crippen LogP contribution in [0.3, 0.4) is 0 Å². The summed E-state index contributed by atoms with van der Waals surface area (Å²) in [5, 5.41) is 2.97. The zero-order valence-electron chi connectivity index (χ0n) is 6.33. The molecule has 0 aliphatic carbocycles. The molecule has 0 saturated carbocycles. The molecule has 1 heterocycles. The second-order valence-electron chi connectivity index (χ2n) is 1.97. The summed E-state index contributed by atoms with van der Waals surface area (Å²) in [5.74, 6) is 3.06. The van der Waals surface area contributed by atoms with E-state index in [1.807, 2.05) is 6.92 Å². The molecule has 3 heteroatoms. The van der Waals surface area contributed by atoms with Gasteiger partial charge in [-0.3, -0.25) is 0 Å². The summed E-state index contributed by atoms with van der Waals surface area (Å²) in [6, 6.07) is 0.